The summed E-state index contributed by atoms with van der Waals surface area (Å²) in [6.07, 6.45) is -9.19. The second-order valence-corrected chi connectivity index (χ2v) is 7.85. The normalized spacial score (nSPS) is 17.1. The van der Waals surface area contributed by atoms with Crippen molar-refractivity contribution in [1.29, 1.82) is 0 Å². The molecule has 4 rings (SSSR count). The highest BCUT2D eigenvalue weighted by Gasteiger charge is 2.38. The van der Waals surface area contributed by atoms with Gasteiger partial charge in [-0.2, -0.15) is 31.3 Å². The topological polar surface area (TPSA) is 59.2 Å². The Morgan fingerprint density at radius 1 is 1.00 bits per heavy atom. The average Bonchev–Trinajstić information content (AvgIpc) is 3.28. The molecule has 1 aliphatic rings. The molecule has 1 aromatic heterocycles. The Bertz CT molecular complexity index is 1170. The summed E-state index contributed by atoms with van der Waals surface area (Å²) in [5.41, 5.74) is -3.47. The number of nitrogens with zero attached hydrogens (tertiary/aromatic N) is 3. The van der Waals surface area contributed by atoms with E-state index < -0.39 is 46.7 Å². The van der Waals surface area contributed by atoms with Crippen LogP contribution in [0.5, 0.6) is 0 Å². The number of benzene rings is 2. The van der Waals surface area contributed by atoms with E-state index in [-0.39, 0.29) is 30.9 Å². The fraction of sp³-hybridized carbons (Fsp3) is 0.318. The number of rotatable bonds is 3. The molecule has 1 amide bonds. The largest absolute Gasteiger partial charge is 0.416 e. The molecule has 3 aromatic rings. The number of hydrogen-bond acceptors (Lipinski definition) is 4. The van der Waals surface area contributed by atoms with E-state index in [1.54, 1.807) is 6.07 Å². The van der Waals surface area contributed by atoms with Gasteiger partial charge in [0.1, 0.15) is 5.82 Å². The van der Waals surface area contributed by atoms with E-state index >= 15 is 0 Å². The van der Waals surface area contributed by atoms with Gasteiger partial charge in [-0.3, -0.25) is 4.79 Å². The average molecular weight is 487 g/mol. The van der Waals surface area contributed by atoms with Crippen LogP contribution in [0.4, 0.5) is 30.7 Å². The Labute approximate surface area is 188 Å². The van der Waals surface area contributed by atoms with Crippen LogP contribution in [0.2, 0.25) is 0 Å². The smallest absolute Gasteiger partial charge is 0.339 e. The van der Waals surface area contributed by atoms with Crippen LogP contribution in [0.3, 0.4) is 0 Å². The number of hydrogen-bond donors (Lipinski definition) is 0. The lowest BCUT2D eigenvalue weighted by Gasteiger charge is -2.31. The van der Waals surface area contributed by atoms with Crippen LogP contribution in [-0.4, -0.2) is 34.0 Å². The number of aromatic nitrogens is 2. The summed E-state index contributed by atoms with van der Waals surface area (Å²) < 4.78 is 97.6. The minimum Gasteiger partial charge on any atom is -0.339 e. The van der Waals surface area contributed by atoms with Crippen LogP contribution in [0.25, 0.3) is 11.4 Å². The van der Waals surface area contributed by atoms with Gasteiger partial charge in [0.15, 0.2) is 0 Å². The van der Waals surface area contributed by atoms with Gasteiger partial charge in [-0.25, -0.2) is 4.39 Å². The van der Waals surface area contributed by atoms with Gasteiger partial charge in [0, 0.05) is 24.2 Å². The van der Waals surface area contributed by atoms with E-state index in [1.807, 2.05) is 0 Å². The Morgan fingerprint density at radius 3 is 2.29 bits per heavy atom. The molecule has 34 heavy (non-hydrogen) atoms. The van der Waals surface area contributed by atoms with Gasteiger partial charge in [-0.1, -0.05) is 17.3 Å². The van der Waals surface area contributed by atoms with Crippen molar-refractivity contribution in [3.8, 4) is 11.4 Å². The molecule has 0 bridgehead atoms. The fourth-order valence-corrected chi connectivity index (χ4v) is 3.77. The Kier molecular flexibility index (Phi) is 6.09. The van der Waals surface area contributed by atoms with Crippen molar-refractivity contribution in [2.45, 2.75) is 31.1 Å². The van der Waals surface area contributed by atoms with Gasteiger partial charge in [0.25, 0.3) is 5.91 Å². The second-order valence-electron chi connectivity index (χ2n) is 7.85. The summed E-state index contributed by atoms with van der Waals surface area (Å²) in [6.45, 7) is 0.0963. The monoisotopic (exact) mass is 487 g/mol. The van der Waals surface area contributed by atoms with Crippen LogP contribution in [0.15, 0.2) is 47.0 Å². The Hall–Kier alpha value is -3.44. The van der Waals surface area contributed by atoms with Crippen molar-refractivity contribution in [2.75, 3.05) is 13.1 Å². The molecule has 0 spiro atoms. The number of carbonyl (C=O) groups is 1. The number of piperidine rings is 1. The Balaban J connectivity index is 1.58. The van der Waals surface area contributed by atoms with Crippen LogP contribution in [0, 0.1) is 5.82 Å². The minimum absolute atomic E-state index is 0.0256. The standard InChI is InChI=1S/C22H16F7N3O2/c23-17-5-1-3-12(9-17)18-30-19(34-31-18)13-4-2-6-32(11-13)20(33)14-7-15(21(24,25)26)10-16(8-14)22(27,28)29/h1,3,5,7-10,13H,2,4,6,11H2. The molecule has 1 fully saturated rings. The van der Waals surface area contributed by atoms with Crippen molar-refractivity contribution < 1.29 is 40.1 Å². The maximum absolute atomic E-state index is 13.4. The molecule has 0 aliphatic carbocycles. The predicted octanol–water partition coefficient (Wildman–Crippen LogP) is 5.93. The lowest BCUT2D eigenvalue weighted by Crippen LogP contribution is -2.39. The molecule has 0 radical (unpaired) electrons. The number of likely N-dealkylation sites (tertiary alicyclic amines) is 1. The molecule has 2 aromatic carbocycles. The lowest BCUT2D eigenvalue weighted by atomic mass is 9.96. The number of carbonyl (C=O) groups excluding carboxylic acids is 1. The molecular formula is C22H16F7N3O2. The van der Waals surface area contributed by atoms with E-state index in [4.69, 9.17) is 4.52 Å². The van der Waals surface area contributed by atoms with Gasteiger partial charge in [-0.05, 0) is 43.2 Å². The highest BCUT2D eigenvalue weighted by atomic mass is 19.4. The maximum atomic E-state index is 13.4. The molecule has 1 unspecified atom stereocenters. The number of alkyl halides is 6. The summed E-state index contributed by atoms with van der Waals surface area (Å²) in [7, 11) is 0. The molecule has 1 atom stereocenters. The van der Waals surface area contributed by atoms with Gasteiger partial charge in [0.2, 0.25) is 11.7 Å². The van der Waals surface area contributed by atoms with E-state index in [1.165, 1.54) is 18.2 Å². The van der Waals surface area contributed by atoms with Gasteiger partial charge in [0.05, 0.1) is 17.0 Å². The molecular weight excluding hydrogens is 471 g/mol. The van der Waals surface area contributed by atoms with Crippen LogP contribution in [-0.2, 0) is 12.4 Å². The summed E-state index contributed by atoms with van der Waals surface area (Å²) in [6, 6.07) is 6.28. The number of halogens is 7. The van der Waals surface area contributed by atoms with Crippen molar-refractivity contribution in [1.82, 2.24) is 15.0 Å². The first-order chi connectivity index (χ1) is 15.9. The van der Waals surface area contributed by atoms with Crippen LogP contribution < -0.4 is 0 Å². The molecule has 5 nitrogen and oxygen atoms in total. The fourth-order valence-electron chi connectivity index (χ4n) is 3.77. The molecule has 0 N–H and O–H groups in total. The zero-order chi connectivity index (χ0) is 24.7. The minimum atomic E-state index is -5.06. The lowest BCUT2D eigenvalue weighted by molar-refractivity contribution is -0.143. The highest BCUT2D eigenvalue weighted by Crippen LogP contribution is 2.37. The molecule has 1 aliphatic heterocycles. The van der Waals surface area contributed by atoms with E-state index in [0.717, 1.165) is 4.90 Å². The summed E-state index contributed by atoms with van der Waals surface area (Å²) in [5, 5.41) is 3.80. The maximum Gasteiger partial charge on any atom is 0.416 e. The van der Waals surface area contributed by atoms with E-state index in [2.05, 4.69) is 10.1 Å². The second kappa shape index (κ2) is 8.73. The first-order valence-corrected chi connectivity index (χ1v) is 10.1. The van der Waals surface area contributed by atoms with E-state index in [0.29, 0.717) is 30.5 Å². The third-order valence-corrected chi connectivity index (χ3v) is 5.42. The van der Waals surface area contributed by atoms with E-state index in [9.17, 15) is 35.5 Å². The van der Waals surface area contributed by atoms with Gasteiger partial charge >= 0.3 is 12.4 Å². The summed E-state index contributed by atoms with van der Waals surface area (Å²) >= 11 is 0. The third kappa shape index (κ3) is 5.05. The zero-order valence-corrected chi connectivity index (χ0v) is 17.3. The molecule has 180 valence electrons. The Morgan fingerprint density at radius 2 is 1.68 bits per heavy atom. The SMILES string of the molecule is O=C(c1cc(C(F)(F)F)cc(C(F)(F)F)c1)N1CCCC(c2nc(-c3cccc(F)c3)no2)C1. The molecule has 2 heterocycles. The summed E-state index contributed by atoms with van der Waals surface area (Å²) in [4.78, 5) is 18.3. The van der Waals surface area contributed by atoms with Crippen LogP contribution >= 0.6 is 0 Å². The van der Waals surface area contributed by atoms with Crippen molar-refractivity contribution >= 4 is 5.91 Å². The highest BCUT2D eigenvalue weighted by molar-refractivity contribution is 5.94. The number of amides is 1. The molecule has 0 saturated carbocycles. The molecule has 1 saturated heterocycles. The van der Waals surface area contributed by atoms with Gasteiger partial charge in [-0.15, -0.1) is 0 Å². The van der Waals surface area contributed by atoms with Crippen LogP contribution in [0.1, 0.15) is 46.1 Å². The van der Waals surface area contributed by atoms with Gasteiger partial charge < -0.3 is 9.42 Å². The molecule has 12 heteroatoms. The quantitative estimate of drug-likeness (QED) is 0.430. The predicted molar refractivity (Wildman–Crippen MR) is 104 cm³/mol. The third-order valence-electron chi connectivity index (χ3n) is 5.42. The zero-order valence-electron chi connectivity index (χ0n) is 17.3. The first-order valence-electron chi connectivity index (χ1n) is 10.1. The van der Waals surface area contributed by atoms with Crippen molar-refractivity contribution in [3.63, 3.8) is 0 Å². The first kappa shape index (κ1) is 23.7. The van der Waals surface area contributed by atoms with Crippen molar-refractivity contribution in [3.05, 3.63) is 70.9 Å². The van der Waals surface area contributed by atoms with Crippen molar-refractivity contribution in [2.24, 2.45) is 0 Å². The summed E-state index contributed by atoms with van der Waals surface area (Å²) in [5.74, 6) is -1.70.